The highest BCUT2D eigenvalue weighted by Gasteiger charge is 2.16. The van der Waals surface area contributed by atoms with Crippen LogP contribution in [-0.2, 0) is 7.05 Å². The minimum Gasteiger partial charge on any atom is -0.306 e. The summed E-state index contributed by atoms with van der Waals surface area (Å²) in [6, 6.07) is 14.4. The Balaban J connectivity index is 1.51. The van der Waals surface area contributed by atoms with E-state index in [1.807, 2.05) is 50.4 Å². The van der Waals surface area contributed by atoms with E-state index in [4.69, 9.17) is 11.6 Å². The van der Waals surface area contributed by atoms with Gasteiger partial charge in [0, 0.05) is 23.7 Å². The van der Waals surface area contributed by atoms with Gasteiger partial charge in [0.25, 0.3) is 0 Å². The third kappa shape index (κ3) is 4.50. The Hall–Kier alpha value is -3.65. The fourth-order valence-corrected chi connectivity index (χ4v) is 3.82. The molecule has 0 aliphatic heterocycles. The molecule has 8 nitrogen and oxygen atoms in total. The summed E-state index contributed by atoms with van der Waals surface area (Å²) < 4.78 is 1.74. The molecule has 4 aromatic rings. The Morgan fingerprint density at radius 2 is 1.84 bits per heavy atom. The molecule has 164 valence electrons. The van der Waals surface area contributed by atoms with Crippen LogP contribution in [0.2, 0.25) is 5.15 Å². The maximum Gasteiger partial charge on any atom is 0.337 e. The number of aryl methyl sites for hydroxylation is 2. The summed E-state index contributed by atoms with van der Waals surface area (Å²) in [7, 11) is 1.86. The quantitative estimate of drug-likeness (QED) is 0.285. The maximum absolute atomic E-state index is 12.5. The van der Waals surface area contributed by atoms with E-state index in [9.17, 15) is 4.79 Å². The number of hydrazine groups is 1. The number of anilines is 2. The number of carbonyl (C=O) groups excluding carboxylic acids is 1. The second kappa shape index (κ2) is 8.84. The molecule has 0 bridgehead atoms. The number of benzene rings is 1. The molecular formula is C23H24ClN7O. The second-order valence-corrected chi connectivity index (χ2v) is 8.18. The molecule has 0 aliphatic rings. The number of fused-ring (bicyclic) bond motifs is 1. The van der Waals surface area contributed by atoms with Crippen LogP contribution >= 0.6 is 11.6 Å². The maximum atomic E-state index is 12.5. The molecule has 0 spiro atoms. The van der Waals surface area contributed by atoms with Gasteiger partial charge < -0.3 is 5.32 Å². The molecule has 0 saturated heterocycles. The van der Waals surface area contributed by atoms with E-state index < -0.39 is 6.03 Å². The number of urea groups is 1. The standard InChI is InChI=1S/C23H24ClN7O/c1-13(2)17-12-20(27-22-21(17)14(3)30-31(22)4)28-29-23(32)25-16-10-18(26-19(24)11-16)15-8-6-5-7-9-15/h5-13H,1-4H3,(H,27,28)(H2,25,26,29,32). The van der Waals surface area contributed by atoms with Crippen LogP contribution in [-0.4, -0.2) is 25.8 Å². The van der Waals surface area contributed by atoms with E-state index in [0.29, 0.717) is 17.2 Å². The molecule has 32 heavy (non-hydrogen) atoms. The predicted molar refractivity (Wildman–Crippen MR) is 128 cm³/mol. The number of rotatable bonds is 5. The SMILES string of the molecule is Cc1nn(C)c2nc(NNC(=O)Nc3cc(Cl)nc(-c4ccccc4)c3)cc(C(C)C)c12. The Labute approximate surface area is 191 Å². The van der Waals surface area contributed by atoms with Crippen molar-refractivity contribution in [1.29, 1.82) is 0 Å². The highest BCUT2D eigenvalue weighted by Crippen LogP contribution is 2.29. The first-order valence-corrected chi connectivity index (χ1v) is 10.6. The van der Waals surface area contributed by atoms with E-state index in [1.165, 1.54) is 0 Å². The number of halogens is 1. The van der Waals surface area contributed by atoms with Crippen LogP contribution < -0.4 is 16.2 Å². The van der Waals surface area contributed by atoms with Crippen molar-refractivity contribution in [2.24, 2.45) is 7.05 Å². The molecule has 0 saturated carbocycles. The molecule has 2 amide bonds. The summed E-state index contributed by atoms with van der Waals surface area (Å²) in [5.41, 5.74) is 10.4. The van der Waals surface area contributed by atoms with E-state index in [-0.39, 0.29) is 11.1 Å². The largest absolute Gasteiger partial charge is 0.337 e. The summed E-state index contributed by atoms with van der Waals surface area (Å²) in [4.78, 5) is 21.4. The lowest BCUT2D eigenvalue weighted by atomic mass is 10.00. The molecule has 3 heterocycles. The highest BCUT2D eigenvalue weighted by atomic mass is 35.5. The molecule has 4 rings (SSSR count). The molecule has 0 unspecified atom stereocenters. The number of carbonyl (C=O) groups is 1. The molecule has 3 N–H and O–H groups in total. The highest BCUT2D eigenvalue weighted by molar-refractivity contribution is 6.29. The van der Waals surface area contributed by atoms with Gasteiger partial charge in [-0.2, -0.15) is 5.10 Å². The van der Waals surface area contributed by atoms with Gasteiger partial charge in [-0.1, -0.05) is 55.8 Å². The summed E-state index contributed by atoms with van der Waals surface area (Å²) in [5.74, 6) is 0.797. The van der Waals surface area contributed by atoms with Gasteiger partial charge in [0.1, 0.15) is 11.0 Å². The van der Waals surface area contributed by atoms with Gasteiger partial charge in [-0.05, 0) is 36.6 Å². The summed E-state index contributed by atoms with van der Waals surface area (Å²) in [6.07, 6.45) is 0. The first-order chi connectivity index (χ1) is 15.3. The summed E-state index contributed by atoms with van der Waals surface area (Å²) in [5, 5.41) is 8.57. The van der Waals surface area contributed by atoms with E-state index in [1.54, 1.807) is 16.8 Å². The third-order valence-corrected chi connectivity index (χ3v) is 5.24. The monoisotopic (exact) mass is 449 g/mol. The topological polar surface area (TPSA) is 96.8 Å². The molecule has 9 heteroatoms. The lowest BCUT2D eigenvalue weighted by molar-refractivity contribution is 0.254. The van der Waals surface area contributed by atoms with Gasteiger partial charge in [0.2, 0.25) is 0 Å². The minimum atomic E-state index is -0.458. The van der Waals surface area contributed by atoms with Gasteiger partial charge >= 0.3 is 6.03 Å². The number of nitrogens with one attached hydrogen (secondary N) is 3. The molecular weight excluding hydrogens is 426 g/mol. The molecule has 0 radical (unpaired) electrons. The summed E-state index contributed by atoms with van der Waals surface area (Å²) in [6.45, 7) is 6.20. The summed E-state index contributed by atoms with van der Waals surface area (Å²) >= 11 is 6.16. The van der Waals surface area contributed by atoms with Gasteiger partial charge in [-0.25, -0.2) is 14.8 Å². The fraction of sp³-hybridized carbons (Fsp3) is 0.217. The normalized spacial score (nSPS) is 11.1. The number of amides is 2. The van der Waals surface area contributed by atoms with E-state index >= 15 is 0 Å². The molecule has 1 aromatic carbocycles. The van der Waals surface area contributed by atoms with Crippen molar-refractivity contribution in [2.75, 3.05) is 10.7 Å². The van der Waals surface area contributed by atoms with Gasteiger partial charge in [0.15, 0.2) is 5.65 Å². The minimum absolute atomic E-state index is 0.271. The van der Waals surface area contributed by atoms with Crippen LogP contribution in [0.15, 0.2) is 48.5 Å². The molecule has 0 aliphatic carbocycles. The van der Waals surface area contributed by atoms with E-state index in [2.05, 4.69) is 45.1 Å². The average Bonchev–Trinajstić information content (AvgIpc) is 3.05. The van der Waals surface area contributed by atoms with E-state index in [0.717, 1.165) is 27.9 Å². The van der Waals surface area contributed by atoms with Crippen molar-refractivity contribution in [1.82, 2.24) is 25.2 Å². The number of hydrogen-bond acceptors (Lipinski definition) is 5. The van der Waals surface area contributed by atoms with Crippen molar-refractivity contribution < 1.29 is 4.79 Å². The predicted octanol–water partition coefficient (Wildman–Crippen LogP) is 5.26. The van der Waals surface area contributed by atoms with Crippen molar-refractivity contribution in [3.05, 3.63) is 64.9 Å². The fourth-order valence-electron chi connectivity index (χ4n) is 3.61. The number of nitrogens with zero attached hydrogens (tertiary/aromatic N) is 4. The van der Waals surface area contributed by atoms with Crippen LogP contribution in [0.3, 0.4) is 0 Å². The first kappa shape index (κ1) is 21.6. The second-order valence-electron chi connectivity index (χ2n) is 7.79. The molecule has 0 fully saturated rings. The zero-order valence-electron chi connectivity index (χ0n) is 18.3. The zero-order chi connectivity index (χ0) is 22.8. The lowest BCUT2D eigenvalue weighted by Crippen LogP contribution is -2.34. The van der Waals surface area contributed by atoms with Crippen LogP contribution in [0.25, 0.3) is 22.3 Å². The molecule has 0 atom stereocenters. The van der Waals surface area contributed by atoms with Crippen molar-refractivity contribution in [2.45, 2.75) is 26.7 Å². The third-order valence-electron chi connectivity index (χ3n) is 5.05. The smallest absolute Gasteiger partial charge is 0.306 e. The van der Waals surface area contributed by atoms with Gasteiger partial charge in [0.05, 0.1) is 11.4 Å². The van der Waals surface area contributed by atoms with Crippen molar-refractivity contribution in [3.8, 4) is 11.3 Å². The van der Waals surface area contributed by atoms with Gasteiger partial charge in [-0.3, -0.25) is 15.5 Å². The zero-order valence-corrected chi connectivity index (χ0v) is 19.0. The van der Waals surface area contributed by atoms with Gasteiger partial charge in [-0.15, -0.1) is 0 Å². The van der Waals surface area contributed by atoms with Crippen LogP contribution in [0.1, 0.15) is 31.0 Å². The Bertz CT molecular complexity index is 1280. The van der Waals surface area contributed by atoms with Crippen molar-refractivity contribution in [3.63, 3.8) is 0 Å². The Kier molecular flexibility index (Phi) is 5.96. The number of hydrogen-bond donors (Lipinski definition) is 3. The first-order valence-electron chi connectivity index (χ1n) is 10.2. The number of aromatic nitrogens is 4. The van der Waals surface area contributed by atoms with Crippen LogP contribution in [0, 0.1) is 6.92 Å². The molecule has 3 aromatic heterocycles. The number of pyridine rings is 2. The van der Waals surface area contributed by atoms with Crippen molar-refractivity contribution >= 4 is 40.2 Å². The Morgan fingerprint density at radius 1 is 1.09 bits per heavy atom. The van der Waals surface area contributed by atoms with Crippen LogP contribution in [0.5, 0.6) is 0 Å². The van der Waals surface area contributed by atoms with Crippen LogP contribution in [0.4, 0.5) is 16.3 Å². The average molecular weight is 450 g/mol. The Morgan fingerprint density at radius 3 is 2.56 bits per heavy atom. The lowest BCUT2D eigenvalue weighted by Gasteiger charge is -2.14.